The summed E-state index contributed by atoms with van der Waals surface area (Å²) in [5.74, 6) is -0.864. The van der Waals surface area contributed by atoms with Crippen LogP contribution in [0.15, 0.2) is 18.3 Å². The van der Waals surface area contributed by atoms with Gasteiger partial charge in [-0.25, -0.2) is 4.79 Å². The second-order valence-electron chi connectivity index (χ2n) is 3.81. The van der Waals surface area contributed by atoms with Crippen LogP contribution in [0.2, 0.25) is 0 Å². The summed E-state index contributed by atoms with van der Waals surface area (Å²) in [6, 6.07) is 3.77. The van der Waals surface area contributed by atoms with Crippen LogP contribution in [-0.2, 0) is 13.6 Å². The molecule has 2 N–H and O–H groups in total. The molecule has 16 heavy (non-hydrogen) atoms. The topological polar surface area (TPSA) is 54.3 Å². The van der Waals surface area contributed by atoms with E-state index in [1.54, 1.807) is 6.07 Å². The summed E-state index contributed by atoms with van der Waals surface area (Å²) >= 11 is 1.32. The average Bonchev–Trinajstić information content (AvgIpc) is 2.81. The molecular weight excluding hydrogens is 224 g/mol. The molecular formula is C11H10N2O2S. The molecule has 2 aromatic rings. The predicted octanol–water partition coefficient (Wildman–Crippen LogP) is 2.38. The van der Waals surface area contributed by atoms with Crippen molar-refractivity contribution in [1.82, 2.24) is 4.57 Å². The minimum Gasteiger partial charge on any atom is -0.477 e. The van der Waals surface area contributed by atoms with E-state index in [4.69, 9.17) is 5.11 Å². The lowest BCUT2D eigenvalue weighted by atomic mass is 10.1. The van der Waals surface area contributed by atoms with Gasteiger partial charge in [-0.1, -0.05) is 0 Å². The number of aromatic nitrogens is 1. The van der Waals surface area contributed by atoms with Crippen molar-refractivity contribution in [2.24, 2.45) is 7.05 Å². The fourth-order valence-electron chi connectivity index (χ4n) is 2.02. The molecule has 3 heterocycles. The molecule has 3 rings (SSSR count). The number of hydrogen-bond donors (Lipinski definition) is 2. The number of fused-ring (bicyclic) bond motifs is 3. The highest BCUT2D eigenvalue weighted by molar-refractivity contribution is 7.18. The van der Waals surface area contributed by atoms with Crippen LogP contribution >= 0.6 is 11.3 Å². The minimum absolute atomic E-state index is 0.381. The van der Waals surface area contributed by atoms with Crippen LogP contribution in [-0.4, -0.2) is 15.6 Å². The van der Waals surface area contributed by atoms with Gasteiger partial charge in [0.25, 0.3) is 0 Å². The van der Waals surface area contributed by atoms with Crippen molar-refractivity contribution in [3.05, 3.63) is 28.8 Å². The largest absolute Gasteiger partial charge is 0.477 e. The summed E-state index contributed by atoms with van der Waals surface area (Å²) in [4.78, 5) is 12.3. The molecule has 0 fully saturated rings. The molecule has 5 heteroatoms. The smallest absolute Gasteiger partial charge is 0.345 e. The molecule has 82 valence electrons. The van der Waals surface area contributed by atoms with E-state index >= 15 is 0 Å². The van der Waals surface area contributed by atoms with Gasteiger partial charge in [-0.05, 0) is 17.7 Å². The second kappa shape index (κ2) is 3.12. The van der Waals surface area contributed by atoms with Gasteiger partial charge in [-0.2, -0.15) is 0 Å². The Morgan fingerprint density at radius 1 is 1.62 bits per heavy atom. The third kappa shape index (κ3) is 1.18. The van der Waals surface area contributed by atoms with E-state index in [0.29, 0.717) is 4.88 Å². The Morgan fingerprint density at radius 2 is 2.44 bits per heavy atom. The zero-order valence-electron chi connectivity index (χ0n) is 8.65. The highest BCUT2D eigenvalue weighted by Crippen LogP contribution is 2.41. The number of thiophene rings is 1. The fourth-order valence-corrected chi connectivity index (χ4v) is 3.12. The normalized spacial score (nSPS) is 12.8. The number of anilines is 1. The Hall–Kier alpha value is -1.75. The first-order valence-electron chi connectivity index (χ1n) is 4.92. The Morgan fingerprint density at radius 3 is 3.19 bits per heavy atom. The molecule has 0 spiro atoms. The number of hydrogen-bond acceptors (Lipinski definition) is 3. The first-order valence-corrected chi connectivity index (χ1v) is 5.74. The van der Waals surface area contributed by atoms with Crippen molar-refractivity contribution >= 4 is 23.0 Å². The zero-order chi connectivity index (χ0) is 11.3. The molecule has 0 unspecified atom stereocenters. The van der Waals surface area contributed by atoms with Gasteiger partial charge < -0.3 is 15.0 Å². The molecule has 2 aromatic heterocycles. The van der Waals surface area contributed by atoms with E-state index < -0.39 is 5.97 Å². The number of nitrogens with zero attached hydrogens (tertiary/aromatic N) is 1. The Bertz CT molecular complexity index is 583. The predicted molar refractivity (Wildman–Crippen MR) is 63.0 cm³/mol. The van der Waals surface area contributed by atoms with Crippen molar-refractivity contribution in [2.75, 3.05) is 5.32 Å². The zero-order valence-corrected chi connectivity index (χ0v) is 9.47. The molecule has 1 aliphatic heterocycles. The van der Waals surface area contributed by atoms with E-state index in [0.717, 1.165) is 22.8 Å². The van der Waals surface area contributed by atoms with E-state index in [2.05, 4.69) is 11.4 Å². The van der Waals surface area contributed by atoms with E-state index in [9.17, 15) is 4.79 Å². The molecule has 0 saturated carbocycles. The van der Waals surface area contributed by atoms with Crippen molar-refractivity contribution in [3.8, 4) is 10.6 Å². The molecule has 0 atom stereocenters. The summed E-state index contributed by atoms with van der Waals surface area (Å²) in [5.41, 5.74) is 3.27. The summed E-state index contributed by atoms with van der Waals surface area (Å²) in [6.45, 7) is 0.763. The number of nitrogens with one attached hydrogen (secondary N) is 1. The van der Waals surface area contributed by atoms with Crippen molar-refractivity contribution in [2.45, 2.75) is 6.54 Å². The number of aryl methyl sites for hydroxylation is 1. The van der Waals surface area contributed by atoms with Gasteiger partial charge >= 0.3 is 5.97 Å². The summed E-state index contributed by atoms with van der Waals surface area (Å²) in [7, 11) is 1.98. The molecule has 0 bridgehead atoms. The van der Waals surface area contributed by atoms with Gasteiger partial charge in [0, 0.05) is 19.8 Å². The second-order valence-corrected chi connectivity index (χ2v) is 4.86. The Balaban J connectivity index is 2.23. The highest BCUT2D eigenvalue weighted by atomic mass is 32.1. The summed E-state index contributed by atoms with van der Waals surface area (Å²) < 4.78 is 2.04. The maximum atomic E-state index is 10.9. The van der Waals surface area contributed by atoms with Gasteiger partial charge in [0.15, 0.2) is 0 Å². The standard InChI is InChI=1S/C11H10N2O2S/c1-13-3-2-6-5-12-7-4-8(11(14)15)16-10(7)9(6)13/h2-4,12H,5H2,1H3,(H,14,15). The molecule has 0 aromatic carbocycles. The van der Waals surface area contributed by atoms with E-state index in [-0.39, 0.29) is 0 Å². The molecule has 0 saturated heterocycles. The SMILES string of the molecule is Cn1ccc2c1-c1sc(C(=O)O)cc1NC2. The molecule has 0 radical (unpaired) electrons. The van der Waals surface area contributed by atoms with Crippen molar-refractivity contribution < 1.29 is 9.90 Å². The van der Waals surface area contributed by atoms with Gasteiger partial charge in [-0.3, -0.25) is 0 Å². The quantitative estimate of drug-likeness (QED) is 0.796. The Labute approximate surface area is 96.1 Å². The van der Waals surface area contributed by atoms with Crippen LogP contribution in [0, 0.1) is 0 Å². The van der Waals surface area contributed by atoms with Crippen LogP contribution in [0.4, 0.5) is 5.69 Å². The van der Waals surface area contributed by atoms with Gasteiger partial charge in [0.1, 0.15) is 4.88 Å². The first-order chi connectivity index (χ1) is 7.66. The molecule has 0 amide bonds. The third-order valence-corrected chi connectivity index (χ3v) is 3.91. The van der Waals surface area contributed by atoms with E-state index in [1.807, 2.05) is 17.8 Å². The van der Waals surface area contributed by atoms with Crippen LogP contribution in [0.5, 0.6) is 0 Å². The van der Waals surface area contributed by atoms with E-state index in [1.165, 1.54) is 16.9 Å². The monoisotopic (exact) mass is 234 g/mol. The lowest BCUT2D eigenvalue weighted by Crippen LogP contribution is -2.06. The van der Waals surface area contributed by atoms with Crippen molar-refractivity contribution in [3.63, 3.8) is 0 Å². The fraction of sp³-hybridized carbons (Fsp3) is 0.182. The minimum atomic E-state index is -0.864. The van der Waals surface area contributed by atoms with Crippen LogP contribution in [0.1, 0.15) is 15.2 Å². The number of carboxylic acid groups (broad SMARTS) is 1. The number of carbonyl (C=O) groups is 1. The Kier molecular flexibility index (Phi) is 1.85. The number of aromatic carboxylic acids is 1. The number of rotatable bonds is 1. The van der Waals surface area contributed by atoms with Crippen molar-refractivity contribution in [1.29, 1.82) is 0 Å². The molecule has 1 aliphatic rings. The lowest BCUT2D eigenvalue weighted by Gasteiger charge is -2.15. The maximum absolute atomic E-state index is 10.9. The van der Waals surface area contributed by atoms with Crippen LogP contribution in [0.25, 0.3) is 10.6 Å². The average molecular weight is 234 g/mol. The summed E-state index contributed by atoms with van der Waals surface area (Å²) in [5, 5.41) is 12.2. The molecule has 4 nitrogen and oxygen atoms in total. The van der Waals surface area contributed by atoms with Crippen LogP contribution < -0.4 is 5.32 Å². The maximum Gasteiger partial charge on any atom is 0.345 e. The first kappa shape index (κ1) is 9.47. The number of carboxylic acids is 1. The van der Waals surface area contributed by atoms with Gasteiger partial charge in [0.05, 0.1) is 16.3 Å². The highest BCUT2D eigenvalue weighted by Gasteiger charge is 2.23. The van der Waals surface area contributed by atoms with Gasteiger partial charge in [-0.15, -0.1) is 11.3 Å². The molecule has 0 aliphatic carbocycles. The summed E-state index contributed by atoms with van der Waals surface area (Å²) in [6.07, 6.45) is 2.00. The van der Waals surface area contributed by atoms with Gasteiger partial charge in [0.2, 0.25) is 0 Å². The lowest BCUT2D eigenvalue weighted by molar-refractivity contribution is 0.0702. The third-order valence-electron chi connectivity index (χ3n) is 2.78. The van der Waals surface area contributed by atoms with Crippen LogP contribution in [0.3, 0.4) is 0 Å².